The van der Waals surface area contributed by atoms with Gasteiger partial charge in [0.15, 0.2) is 11.0 Å². The molecule has 1 N–H and O–H groups in total. The van der Waals surface area contributed by atoms with E-state index in [0.717, 1.165) is 5.69 Å². The normalized spacial score (nSPS) is 10.5. The maximum absolute atomic E-state index is 12.2. The largest absolute Gasteiger partial charge is 0.319 e. The van der Waals surface area contributed by atoms with Gasteiger partial charge in [0.25, 0.3) is 5.91 Å². The molecule has 0 fully saturated rings. The Bertz CT molecular complexity index is 799. The molecule has 0 aliphatic heterocycles. The molecule has 0 aliphatic rings. The highest BCUT2D eigenvalue weighted by Gasteiger charge is 2.13. The summed E-state index contributed by atoms with van der Waals surface area (Å²) in [5.41, 5.74) is 1.95. The number of benzene rings is 1. The highest BCUT2D eigenvalue weighted by Crippen LogP contribution is 2.18. The Morgan fingerprint density at radius 3 is 2.59 bits per heavy atom. The number of nitrogens with zero attached hydrogens (tertiary/aromatic N) is 4. The fourth-order valence-corrected chi connectivity index (χ4v) is 2.07. The van der Waals surface area contributed by atoms with Crippen LogP contribution in [0.4, 0.5) is 5.69 Å². The third-order valence-electron chi connectivity index (χ3n) is 3.13. The van der Waals surface area contributed by atoms with Gasteiger partial charge < -0.3 is 5.32 Å². The number of carbonyl (C=O) groups is 1. The predicted octanol–water partition coefficient (Wildman–Crippen LogP) is 2.88. The summed E-state index contributed by atoms with van der Waals surface area (Å²) in [7, 11) is 0. The van der Waals surface area contributed by atoms with Crippen LogP contribution in [0.5, 0.6) is 0 Å². The van der Waals surface area contributed by atoms with E-state index >= 15 is 0 Å². The molecule has 2 heterocycles. The summed E-state index contributed by atoms with van der Waals surface area (Å²) < 4.78 is 1.59. The molecule has 0 saturated carbocycles. The average molecular weight is 314 g/mol. The zero-order chi connectivity index (χ0) is 15.5. The zero-order valence-corrected chi connectivity index (χ0v) is 12.4. The van der Waals surface area contributed by atoms with Gasteiger partial charge in [-0.3, -0.25) is 4.79 Å². The second-order valence-electron chi connectivity index (χ2n) is 4.59. The summed E-state index contributed by atoms with van der Waals surface area (Å²) in [5.74, 6) is 0.340. The third kappa shape index (κ3) is 2.82. The van der Waals surface area contributed by atoms with Crippen LogP contribution in [0.15, 0.2) is 48.7 Å². The summed E-state index contributed by atoms with van der Waals surface area (Å²) >= 11 is 5.72. The Balaban J connectivity index is 1.85. The minimum absolute atomic E-state index is 0.189. The van der Waals surface area contributed by atoms with Crippen molar-refractivity contribution in [1.82, 2.24) is 20.0 Å². The van der Waals surface area contributed by atoms with Crippen LogP contribution in [0.2, 0.25) is 5.15 Å². The van der Waals surface area contributed by atoms with Crippen molar-refractivity contribution >= 4 is 23.2 Å². The van der Waals surface area contributed by atoms with Crippen LogP contribution in [-0.2, 0) is 0 Å². The molecule has 0 saturated heterocycles. The number of amides is 1. The van der Waals surface area contributed by atoms with Crippen LogP contribution < -0.4 is 5.32 Å². The van der Waals surface area contributed by atoms with Gasteiger partial charge >= 0.3 is 0 Å². The van der Waals surface area contributed by atoms with Crippen LogP contribution in [0.1, 0.15) is 16.1 Å². The van der Waals surface area contributed by atoms with E-state index in [0.29, 0.717) is 22.2 Å². The van der Waals surface area contributed by atoms with Crippen molar-refractivity contribution in [3.8, 4) is 5.82 Å². The van der Waals surface area contributed by atoms with E-state index in [1.165, 1.54) is 0 Å². The first kappa shape index (κ1) is 14.2. The molecule has 0 radical (unpaired) electrons. The summed E-state index contributed by atoms with van der Waals surface area (Å²) in [4.78, 5) is 12.2. The highest BCUT2D eigenvalue weighted by molar-refractivity contribution is 6.29. The third-order valence-corrected chi connectivity index (χ3v) is 3.33. The minimum Gasteiger partial charge on any atom is -0.319 e. The number of hydrogen-bond acceptors (Lipinski definition) is 4. The lowest BCUT2D eigenvalue weighted by Crippen LogP contribution is -2.12. The second kappa shape index (κ2) is 5.95. The van der Waals surface area contributed by atoms with Crippen molar-refractivity contribution < 1.29 is 4.79 Å². The van der Waals surface area contributed by atoms with Crippen molar-refractivity contribution in [3.05, 3.63) is 65.1 Å². The molecular weight excluding hydrogens is 302 g/mol. The number of carbonyl (C=O) groups excluding carboxylic acids is 1. The van der Waals surface area contributed by atoms with Crippen molar-refractivity contribution in [3.63, 3.8) is 0 Å². The fourth-order valence-electron chi connectivity index (χ4n) is 1.97. The van der Waals surface area contributed by atoms with Crippen LogP contribution in [0.25, 0.3) is 5.82 Å². The number of hydrogen-bond donors (Lipinski definition) is 1. The molecule has 110 valence electrons. The Morgan fingerprint density at radius 1 is 1.14 bits per heavy atom. The molecule has 7 heteroatoms. The van der Waals surface area contributed by atoms with Gasteiger partial charge in [0.1, 0.15) is 0 Å². The topological polar surface area (TPSA) is 72.7 Å². The Labute approximate surface area is 131 Å². The average Bonchev–Trinajstić information content (AvgIpc) is 2.90. The van der Waals surface area contributed by atoms with Crippen LogP contribution in [0.3, 0.4) is 0 Å². The van der Waals surface area contributed by atoms with Crippen LogP contribution in [0, 0.1) is 6.92 Å². The van der Waals surface area contributed by atoms with E-state index in [1.807, 2.05) is 25.1 Å². The van der Waals surface area contributed by atoms with Gasteiger partial charge in [-0.1, -0.05) is 29.8 Å². The Kier molecular flexibility index (Phi) is 3.84. The molecule has 6 nitrogen and oxygen atoms in total. The van der Waals surface area contributed by atoms with Gasteiger partial charge in [-0.2, -0.15) is 5.10 Å². The van der Waals surface area contributed by atoms with E-state index in [4.69, 9.17) is 11.6 Å². The number of rotatable bonds is 3. The number of halogens is 1. The first-order valence-corrected chi connectivity index (χ1v) is 6.93. The second-order valence-corrected chi connectivity index (χ2v) is 4.98. The van der Waals surface area contributed by atoms with Gasteiger partial charge in [-0.15, -0.1) is 10.2 Å². The first-order valence-electron chi connectivity index (χ1n) is 6.56. The van der Waals surface area contributed by atoms with Crippen molar-refractivity contribution in [2.75, 3.05) is 5.32 Å². The molecule has 0 atom stereocenters. The van der Waals surface area contributed by atoms with E-state index in [9.17, 15) is 4.79 Å². The molecule has 3 rings (SSSR count). The smallest absolute Gasteiger partial charge is 0.255 e. The first-order chi connectivity index (χ1) is 10.6. The van der Waals surface area contributed by atoms with Crippen LogP contribution in [-0.4, -0.2) is 25.9 Å². The minimum atomic E-state index is -0.189. The van der Waals surface area contributed by atoms with Gasteiger partial charge in [0.2, 0.25) is 0 Å². The summed E-state index contributed by atoms with van der Waals surface area (Å²) in [6.45, 7) is 1.84. The quantitative estimate of drug-likeness (QED) is 0.807. The zero-order valence-electron chi connectivity index (χ0n) is 11.7. The predicted molar refractivity (Wildman–Crippen MR) is 83.3 cm³/mol. The monoisotopic (exact) mass is 313 g/mol. The fraction of sp³-hybridized carbons (Fsp3) is 0.0667. The summed E-state index contributed by atoms with van der Waals surface area (Å²) in [5, 5.41) is 15.1. The van der Waals surface area contributed by atoms with E-state index < -0.39 is 0 Å². The molecule has 0 unspecified atom stereocenters. The van der Waals surface area contributed by atoms with E-state index in [-0.39, 0.29) is 5.91 Å². The molecule has 0 aliphatic carbocycles. The van der Waals surface area contributed by atoms with Crippen molar-refractivity contribution in [2.45, 2.75) is 6.92 Å². The number of nitrogens with one attached hydrogen (secondary N) is 1. The maximum Gasteiger partial charge on any atom is 0.255 e. The van der Waals surface area contributed by atoms with Gasteiger partial charge in [-0.25, -0.2) is 4.68 Å². The summed E-state index contributed by atoms with van der Waals surface area (Å²) in [6, 6.07) is 12.3. The van der Waals surface area contributed by atoms with Gasteiger partial charge in [0, 0.05) is 5.56 Å². The van der Waals surface area contributed by atoms with Crippen LogP contribution >= 0.6 is 11.6 Å². The molecule has 22 heavy (non-hydrogen) atoms. The van der Waals surface area contributed by atoms with Gasteiger partial charge in [-0.05, 0) is 31.2 Å². The Morgan fingerprint density at radius 2 is 1.91 bits per heavy atom. The van der Waals surface area contributed by atoms with Crippen molar-refractivity contribution in [2.24, 2.45) is 0 Å². The SMILES string of the molecule is Cc1c(NC(=O)c2ccccc2)cnn1-c1ccc(Cl)nn1. The number of aromatic nitrogens is 4. The lowest BCUT2D eigenvalue weighted by atomic mass is 10.2. The van der Waals surface area contributed by atoms with Gasteiger partial charge in [0.05, 0.1) is 17.6 Å². The summed E-state index contributed by atoms with van der Waals surface area (Å²) in [6.07, 6.45) is 1.58. The molecule has 1 aromatic carbocycles. The molecular formula is C15H12ClN5O. The van der Waals surface area contributed by atoms with E-state index in [2.05, 4.69) is 20.6 Å². The molecule has 3 aromatic rings. The lowest BCUT2D eigenvalue weighted by Gasteiger charge is -2.06. The maximum atomic E-state index is 12.2. The highest BCUT2D eigenvalue weighted by atomic mass is 35.5. The number of anilines is 1. The van der Waals surface area contributed by atoms with Crippen molar-refractivity contribution in [1.29, 1.82) is 0 Å². The van der Waals surface area contributed by atoms with E-state index in [1.54, 1.807) is 35.1 Å². The molecule has 2 aromatic heterocycles. The Hall–Kier alpha value is -2.73. The standard InChI is InChI=1S/C15H12ClN5O/c1-10-12(18-15(22)11-5-3-2-4-6-11)9-17-21(10)14-8-7-13(16)19-20-14/h2-9H,1H3,(H,18,22). The molecule has 0 spiro atoms. The molecule has 0 bridgehead atoms. The lowest BCUT2D eigenvalue weighted by molar-refractivity contribution is 0.102. The molecule has 1 amide bonds.